The van der Waals surface area contributed by atoms with E-state index in [1.54, 1.807) is 24.3 Å². The van der Waals surface area contributed by atoms with Gasteiger partial charge < -0.3 is 9.47 Å². The van der Waals surface area contributed by atoms with Crippen molar-refractivity contribution in [3.63, 3.8) is 0 Å². The van der Waals surface area contributed by atoms with Gasteiger partial charge in [-0.2, -0.15) is 4.39 Å². The number of hydroxylamine groups is 2. The van der Waals surface area contributed by atoms with Crippen LogP contribution in [0.1, 0.15) is 18.7 Å². The lowest BCUT2D eigenvalue weighted by molar-refractivity contribution is -0.460. The zero-order valence-corrected chi connectivity index (χ0v) is 16.9. The first kappa shape index (κ1) is 20.4. The Labute approximate surface area is 181 Å². The number of ether oxygens (including phenoxy) is 2. The van der Waals surface area contributed by atoms with E-state index in [0.29, 0.717) is 26.1 Å². The van der Waals surface area contributed by atoms with Crippen molar-refractivity contribution in [3.8, 4) is 0 Å². The molecule has 2 aromatic rings. The first-order valence-corrected chi connectivity index (χ1v) is 10.0. The first-order valence-electron chi connectivity index (χ1n) is 9.65. The molecule has 3 unspecified atom stereocenters. The van der Waals surface area contributed by atoms with Gasteiger partial charge in [0.2, 0.25) is 5.95 Å². The minimum Gasteiger partial charge on any atom is -0.373 e. The summed E-state index contributed by atoms with van der Waals surface area (Å²) in [6, 6.07) is 6.55. The Morgan fingerprint density at radius 3 is 2.39 bits per heavy atom. The van der Waals surface area contributed by atoms with Gasteiger partial charge in [0, 0.05) is 31.4 Å². The van der Waals surface area contributed by atoms with E-state index in [0.717, 1.165) is 9.96 Å². The number of aromatic nitrogens is 3. The van der Waals surface area contributed by atoms with E-state index < -0.39 is 23.5 Å². The Morgan fingerprint density at radius 2 is 1.84 bits per heavy atom. The second-order valence-electron chi connectivity index (χ2n) is 6.98. The molecule has 0 saturated carbocycles. The number of alkyl halides is 1. The van der Waals surface area contributed by atoms with E-state index in [9.17, 15) is 5.26 Å². The van der Waals surface area contributed by atoms with Gasteiger partial charge in [-0.05, 0) is 29.8 Å². The predicted molar refractivity (Wildman–Crippen MR) is 106 cm³/mol. The molecule has 10 nitrogen and oxygen atoms in total. The molecular formula is C19H18ClFN6O4. The summed E-state index contributed by atoms with van der Waals surface area (Å²) in [5.74, 6) is -0.469. The van der Waals surface area contributed by atoms with Gasteiger partial charge in [0.25, 0.3) is 0 Å². The van der Waals surface area contributed by atoms with E-state index in [1.165, 1.54) is 18.6 Å². The third-order valence-corrected chi connectivity index (χ3v) is 5.61. The summed E-state index contributed by atoms with van der Waals surface area (Å²) in [6.07, 6.45) is 4.27. The summed E-state index contributed by atoms with van der Waals surface area (Å²) < 4.78 is 27.2. The average Bonchev–Trinajstić information content (AvgIpc) is 2.72. The first-order chi connectivity index (χ1) is 15.1. The molecule has 5 heterocycles. The molecule has 2 aromatic heterocycles. The molecule has 12 heteroatoms. The van der Waals surface area contributed by atoms with Crippen LogP contribution in [0.15, 0.2) is 59.4 Å². The van der Waals surface area contributed by atoms with Gasteiger partial charge >= 0.3 is 5.25 Å². The predicted octanol–water partition coefficient (Wildman–Crippen LogP) is 2.45. The third kappa shape index (κ3) is 3.39. The van der Waals surface area contributed by atoms with Crippen LogP contribution < -0.4 is 4.90 Å². The van der Waals surface area contributed by atoms with Crippen molar-refractivity contribution in [1.29, 1.82) is 0 Å². The second kappa shape index (κ2) is 8.19. The molecule has 0 bridgehead atoms. The van der Waals surface area contributed by atoms with Gasteiger partial charge in [0.1, 0.15) is 17.8 Å². The Kier molecular flexibility index (Phi) is 5.38. The fourth-order valence-corrected chi connectivity index (χ4v) is 3.90. The van der Waals surface area contributed by atoms with Crippen LogP contribution in [-0.2, 0) is 14.5 Å². The van der Waals surface area contributed by atoms with Gasteiger partial charge in [-0.1, -0.05) is 11.1 Å². The minimum atomic E-state index is -2.12. The monoisotopic (exact) mass is 448 g/mol. The van der Waals surface area contributed by atoms with Gasteiger partial charge in [-0.3, -0.25) is 0 Å². The molecule has 2 fully saturated rings. The third-order valence-electron chi connectivity index (χ3n) is 5.19. The van der Waals surface area contributed by atoms with Crippen LogP contribution in [0.3, 0.4) is 0 Å². The lowest BCUT2D eigenvalue weighted by Crippen LogP contribution is -2.63. The van der Waals surface area contributed by atoms with Crippen LogP contribution in [0.5, 0.6) is 0 Å². The molecule has 162 valence electrons. The smallest absolute Gasteiger partial charge is 0.305 e. The van der Waals surface area contributed by atoms with Crippen molar-refractivity contribution in [2.45, 2.75) is 30.4 Å². The molecule has 1 N–H and O–H groups in total. The van der Waals surface area contributed by atoms with Crippen molar-refractivity contribution >= 4 is 23.1 Å². The lowest BCUT2D eigenvalue weighted by Gasteiger charge is -2.48. The summed E-state index contributed by atoms with van der Waals surface area (Å²) in [4.78, 5) is 22.8. The van der Waals surface area contributed by atoms with Crippen LogP contribution in [0.25, 0.3) is 0 Å². The Balaban J connectivity index is 1.72. The molecule has 2 saturated heterocycles. The van der Waals surface area contributed by atoms with Crippen LogP contribution >= 0.6 is 11.6 Å². The largest absolute Gasteiger partial charge is 0.373 e. The number of pyridine rings is 1. The topological polar surface area (TPSA) is 105 Å². The molecule has 3 aliphatic rings. The maximum Gasteiger partial charge on any atom is 0.305 e. The standard InChI is InChI=1S/C19H18ClFN6O4/c20-19(27(31-28)14-6-11-30-14)25-16(18-23-8-3-9-24-18)15(12-5-10-29-12)17(21)26(19)13-4-1-2-7-22-13/h1-4,7-9,12,14,28H,5-6,10-11H2. The van der Waals surface area contributed by atoms with Crippen LogP contribution in [0.4, 0.5) is 10.2 Å². The van der Waals surface area contributed by atoms with E-state index in [4.69, 9.17) is 21.1 Å². The van der Waals surface area contributed by atoms with Gasteiger partial charge in [0.15, 0.2) is 5.82 Å². The molecular weight excluding hydrogens is 431 g/mol. The van der Waals surface area contributed by atoms with Crippen molar-refractivity contribution in [2.24, 2.45) is 4.99 Å². The number of halogens is 2. The fraction of sp³-hybridized carbons (Fsp3) is 0.368. The van der Waals surface area contributed by atoms with E-state index in [2.05, 4.69) is 24.9 Å². The van der Waals surface area contributed by atoms with Gasteiger partial charge in [-0.25, -0.2) is 30.1 Å². The summed E-state index contributed by atoms with van der Waals surface area (Å²) in [5, 5.41) is 8.41. The molecule has 3 atom stereocenters. The highest BCUT2D eigenvalue weighted by Crippen LogP contribution is 2.44. The van der Waals surface area contributed by atoms with Crippen molar-refractivity contribution in [2.75, 3.05) is 18.1 Å². The summed E-state index contributed by atoms with van der Waals surface area (Å²) >= 11 is 6.91. The summed E-state index contributed by atoms with van der Waals surface area (Å²) in [6.45, 7) is 0.917. The number of rotatable bonds is 6. The maximum absolute atomic E-state index is 16.2. The Bertz CT molecular complexity index is 1000. The summed E-state index contributed by atoms with van der Waals surface area (Å²) in [7, 11) is 0. The normalized spacial score (nSPS) is 28.3. The van der Waals surface area contributed by atoms with Crippen LogP contribution in [-0.4, -0.2) is 61.8 Å². The number of anilines is 1. The van der Waals surface area contributed by atoms with Crippen LogP contribution in [0.2, 0.25) is 0 Å². The molecule has 0 radical (unpaired) electrons. The number of aliphatic imine (C=N–C) groups is 1. The molecule has 3 aliphatic heterocycles. The van der Waals surface area contributed by atoms with E-state index >= 15 is 4.39 Å². The second-order valence-corrected chi connectivity index (χ2v) is 7.49. The highest BCUT2D eigenvalue weighted by atomic mass is 35.5. The molecule has 31 heavy (non-hydrogen) atoms. The quantitative estimate of drug-likeness (QED) is 0.308. The zero-order chi connectivity index (χ0) is 21.4. The van der Waals surface area contributed by atoms with E-state index in [-0.39, 0.29) is 22.9 Å². The van der Waals surface area contributed by atoms with Gasteiger partial charge in [0.05, 0.1) is 24.9 Å². The van der Waals surface area contributed by atoms with Crippen molar-refractivity contribution in [1.82, 2.24) is 20.0 Å². The van der Waals surface area contributed by atoms with Crippen LogP contribution in [0, 0.1) is 0 Å². The number of nitrogens with zero attached hydrogens (tertiary/aromatic N) is 6. The highest BCUT2D eigenvalue weighted by molar-refractivity contribution is 6.27. The Hall–Kier alpha value is -2.54. The molecule has 0 aliphatic carbocycles. The average molecular weight is 449 g/mol. The van der Waals surface area contributed by atoms with Gasteiger partial charge in [-0.15, -0.1) is 4.99 Å². The zero-order valence-electron chi connectivity index (χ0n) is 16.1. The van der Waals surface area contributed by atoms with Crippen molar-refractivity contribution in [3.05, 3.63) is 60.2 Å². The molecule has 5 rings (SSSR count). The summed E-state index contributed by atoms with van der Waals surface area (Å²) in [5.41, 5.74) is 0.234. The highest BCUT2D eigenvalue weighted by Gasteiger charge is 2.55. The molecule has 0 spiro atoms. The minimum absolute atomic E-state index is 0.0892. The lowest BCUT2D eigenvalue weighted by atomic mass is 9.97. The SMILES string of the molecule is OON(C1CCO1)C1(Cl)N=C(c2ncccn2)C(C2CCO2)=C(F)N1c1ccccn1. The molecule has 0 aromatic carbocycles. The fourth-order valence-electron chi connectivity index (χ4n) is 3.51. The van der Waals surface area contributed by atoms with Crippen molar-refractivity contribution < 1.29 is 24.1 Å². The number of hydrogen-bond acceptors (Lipinski definition) is 10. The number of hydrogen-bond donors (Lipinski definition) is 1. The molecule has 0 amide bonds. The van der Waals surface area contributed by atoms with E-state index in [1.807, 2.05) is 0 Å². The Morgan fingerprint density at radius 1 is 1.13 bits per heavy atom. The maximum atomic E-state index is 16.2.